The average molecular weight is 276 g/mol. The molecule has 0 aliphatic heterocycles. The van der Waals surface area contributed by atoms with Crippen LogP contribution in [0, 0.1) is 0 Å². The Morgan fingerprint density at radius 3 is 2.16 bits per heavy atom. The van der Waals surface area contributed by atoms with Gasteiger partial charge in [-0.05, 0) is 0 Å². The van der Waals surface area contributed by atoms with Gasteiger partial charge in [0.25, 0.3) is 5.91 Å². The molecule has 0 fully saturated rings. The number of nitrogens with one attached hydrogen (secondary N) is 2. The van der Waals surface area contributed by atoms with E-state index in [0.717, 1.165) is 12.4 Å². The maximum absolute atomic E-state index is 12.2. The first-order valence-corrected chi connectivity index (χ1v) is 5.22. The summed E-state index contributed by atoms with van der Waals surface area (Å²) in [7, 11) is 0. The van der Waals surface area contributed by atoms with E-state index in [1.54, 1.807) is 0 Å². The van der Waals surface area contributed by atoms with Gasteiger partial charge in [0.2, 0.25) is 11.7 Å². The van der Waals surface area contributed by atoms with E-state index in [9.17, 15) is 22.8 Å². The van der Waals surface area contributed by atoms with Crippen LogP contribution in [0.5, 0.6) is 0 Å². The molecule has 1 rings (SSSR count). The van der Waals surface area contributed by atoms with Crippen molar-refractivity contribution in [2.45, 2.75) is 13.1 Å². The van der Waals surface area contributed by atoms with Crippen molar-refractivity contribution in [1.29, 1.82) is 0 Å². The molecule has 104 valence electrons. The second kappa shape index (κ2) is 6.12. The van der Waals surface area contributed by atoms with Crippen LogP contribution in [0.1, 0.15) is 23.1 Å². The first-order valence-electron chi connectivity index (χ1n) is 5.22. The molecular weight excluding hydrogens is 265 g/mol. The monoisotopic (exact) mass is 276 g/mol. The van der Waals surface area contributed by atoms with E-state index in [1.807, 2.05) is 0 Å². The quantitative estimate of drug-likeness (QED) is 0.778. The van der Waals surface area contributed by atoms with Gasteiger partial charge in [0, 0.05) is 32.4 Å². The maximum Gasteiger partial charge on any atom is 0.451 e. The van der Waals surface area contributed by atoms with Crippen LogP contribution in [-0.4, -0.2) is 34.9 Å². The Morgan fingerprint density at radius 1 is 1.16 bits per heavy atom. The molecule has 6 nitrogen and oxygen atoms in total. The van der Waals surface area contributed by atoms with E-state index in [0.29, 0.717) is 0 Å². The molecule has 0 saturated carbocycles. The molecule has 0 saturated heterocycles. The van der Waals surface area contributed by atoms with Crippen LogP contribution >= 0.6 is 0 Å². The highest BCUT2D eigenvalue weighted by Gasteiger charge is 2.34. The van der Waals surface area contributed by atoms with Gasteiger partial charge in [0.05, 0.1) is 5.56 Å². The molecule has 0 aliphatic rings. The van der Waals surface area contributed by atoms with Gasteiger partial charge in [-0.25, -0.2) is 9.97 Å². The Hall–Kier alpha value is -2.19. The van der Waals surface area contributed by atoms with Crippen LogP contribution in [-0.2, 0) is 11.0 Å². The average Bonchev–Trinajstić information content (AvgIpc) is 2.33. The molecule has 1 heterocycles. The number of alkyl halides is 3. The molecule has 9 heteroatoms. The van der Waals surface area contributed by atoms with Gasteiger partial charge in [-0.1, -0.05) is 0 Å². The molecule has 2 N–H and O–H groups in total. The van der Waals surface area contributed by atoms with E-state index in [-0.39, 0.29) is 24.6 Å². The van der Waals surface area contributed by atoms with Crippen molar-refractivity contribution in [3.63, 3.8) is 0 Å². The minimum atomic E-state index is -4.64. The van der Waals surface area contributed by atoms with Crippen LogP contribution in [0.4, 0.5) is 13.2 Å². The molecule has 0 spiro atoms. The SMILES string of the molecule is CC(=O)NCCNC(=O)c1cnc(C(F)(F)F)nc1. The van der Waals surface area contributed by atoms with E-state index >= 15 is 0 Å². The number of halogens is 3. The Kier molecular flexibility index (Phi) is 4.79. The molecule has 1 aromatic rings. The number of carbonyl (C=O) groups is 2. The smallest absolute Gasteiger partial charge is 0.355 e. The highest BCUT2D eigenvalue weighted by Crippen LogP contribution is 2.25. The summed E-state index contributed by atoms with van der Waals surface area (Å²) >= 11 is 0. The normalized spacial score (nSPS) is 10.9. The number of hydrogen-bond acceptors (Lipinski definition) is 4. The van der Waals surface area contributed by atoms with Gasteiger partial charge >= 0.3 is 6.18 Å². The summed E-state index contributed by atoms with van der Waals surface area (Å²) in [6, 6.07) is 0. The third-order valence-corrected chi connectivity index (χ3v) is 1.95. The topological polar surface area (TPSA) is 84.0 Å². The van der Waals surface area contributed by atoms with Crippen molar-refractivity contribution in [1.82, 2.24) is 20.6 Å². The first-order chi connectivity index (χ1) is 8.80. The van der Waals surface area contributed by atoms with E-state index in [1.165, 1.54) is 6.92 Å². The maximum atomic E-state index is 12.2. The zero-order valence-electron chi connectivity index (χ0n) is 9.91. The minimum absolute atomic E-state index is 0.0872. The van der Waals surface area contributed by atoms with Gasteiger partial charge in [-0.3, -0.25) is 9.59 Å². The zero-order chi connectivity index (χ0) is 14.5. The Morgan fingerprint density at radius 2 is 1.68 bits per heavy atom. The van der Waals surface area contributed by atoms with E-state index in [2.05, 4.69) is 20.6 Å². The summed E-state index contributed by atoms with van der Waals surface area (Å²) in [6.07, 6.45) is -3.05. The van der Waals surface area contributed by atoms with Crippen molar-refractivity contribution in [3.05, 3.63) is 23.8 Å². The fourth-order valence-electron chi connectivity index (χ4n) is 1.11. The molecule has 19 heavy (non-hydrogen) atoms. The summed E-state index contributed by atoms with van der Waals surface area (Å²) in [5.41, 5.74) is -0.0872. The lowest BCUT2D eigenvalue weighted by Crippen LogP contribution is -2.33. The lowest BCUT2D eigenvalue weighted by molar-refractivity contribution is -0.145. The van der Waals surface area contributed by atoms with E-state index in [4.69, 9.17) is 0 Å². The molecular formula is C10H11F3N4O2. The van der Waals surface area contributed by atoms with Crippen molar-refractivity contribution < 1.29 is 22.8 Å². The number of amides is 2. The number of aromatic nitrogens is 2. The third kappa shape index (κ3) is 4.90. The van der Waals surface area contributed by atoms with Crippen molar-refractivity contribution in [3.8, 4) is 0 Å². The van der Waals surface area contributed by atoms with Gasteiger partial charge in [0.1, 0.15) is 0 Å². The lowest BCUT2D eigenvalue weighted by atomic mass is 10.3. The number of hydrogen-bond donors (Lipinski definition) is 2. The van der Waals surface area contributed by atoms with Crippen LogP contribution in [0.25, 0.3) is 0 Å². The van der Waals surface area contributed by atoms with Crippen molar-refractivity contribution in [2.24, 2.45) is 0 Å². The van der Waals surface area contributed by atoms with E-state index < -0.39 is 17.9 Å². The molecule has 0 atom stereocenters. The van der Waals surface area contributed by atoms with Crippen LogP contribution < -0.4 is 10.6 Å². The van der Waals surface area contributed by atoms with Gasteiger partial charge in [-0.15, -0.1) is 0 Å². The molecule has 0 radical (unpaired) electrons. The highest BCUT2D eigenvalue weighted by atomic mass is 19.4. The molecule has 0 aromatic carbocycles. The Labute approximate surface area is 106 Å². The minimum Gasteiger partial charge on any atom is -0.355 e. The highest BCUT2D eigenvalue weighted by molar-refractivity contribution is 5.93. The standard InChI is InChI=1S/C10H11F3N4O2/c1-6(18)14-2-3-15-8(19)7-4-16-9(17-5-7)10(11,12)13/h4-5H,2-3H2,1H3,(H,14,18)(H,15,19). The molecule has 0 aliphatic carbocycles. The van der Waals surface area contributed by atoms with Crippen LogP contribution in [0.2, 0.25) is 0 Å². The Balaban J connectivity index is 2.52. The van der Waals surface area contributed by atoms with Gasteiger partial charge in [0.15, 0.2) is 0 Å². The second-order valence-electron chi connectivity index (χ2n) is 3.53. The fourth-order valence-corrected chi connectivity index (χ4v) is 1.11. The second-order valence-corrected chi connectivity index (χ2v) is 3.53. The molecule has 0 bridgehead atoms. The number of carbonyl (C=O) groups excluding carboxylic acids is 2. The molecule has 1 aromatic heterocycles. The first kappa shape index (κ1) is 14.9. The number of nitrogens with zero attached hydrogens (tertiary/aromatic N) is 2. The third-order valence-electron chi connectivity index (χ3n) is 1.95. The lowest BCUT2D eigenvalue weighted by Gasteiger charge is -2.07. The summed E-state index contributed by atoms with van der Waals surface area (Å²) in [4.78, 5) is 28.1. The summed E-state index contributed by atoms with van der Waals surface area (Å²) in [5, 5.41) is 4.85. The Bertz CT molecular complexity index is 459. The predicted molar refractivity (Wildman–Crippen MR) is 58.1 cm³/mol. The molecule has 2 amide bonds. The summed E-state index contributed by atoms with van der Waals surface area (Å²) < 4.78 is 36.5. The van der Waals surface area contributed by atoms with Gasteiger partial charge < -0.3 is 10.6 Å². The molecule has 0 unspecified atom stereocenters. The largest absolute Gasteiger partial charge is 0.451 e. The summed E-state index contributed by atoms with van der Waals surface area (Å²) in [5.74, 6) is -2.16. The predicted octanol–water partition coefficient (Wildman–Crippen LogP) is 0.361. The van der Waals surface area contributed by atoms with Gasteiger partial charge in [-0.2, -0.15) is 13.2 Å². The van der Waals surface area contributed by atoms with Crippen LogP contribution in [0.3, 0.4) is 0 Å². The summed E-state index contributed by atoms with van der Waals surface area (Å²) in [6.45, 7) is 1.70. The fraction of sp³-hybridized carbons (Fsp3) is 0.400. The zero-order valence-corrected chi connectivity index (χ0v) is 9.91. The van der Waals surface area contributed by atoms with Crippen molar-refractivity contribution >= 4 is 11.8 Å². The van der Waals surface area contributed by atoms with Crippen molar-refractivity contribution in [2.75, 3.05) is 13.1 Å². The number of rotatable bonds is 4. The van der Waals surface area contributed by atoms with Crippen LogP contribution in [0.15, 0.2) is 12.4 Å².